The topological polar surface area (TPSA) is 132 Å². The van der Waals surface area contributed by atoms with Gasteiger partial charge in [0.25, 0.3) is 0 Å². The van der Waals surface area contributed by atoms with Crippen LogP contribution in [0.5, 0.6) is 0 Å². The molecule has 0 aliphatic heterocycles. The lowest BCUT2D eigenvalue weighted by atomic mass is 9.81. The number of carbonyl (C=O) groups is 3. The van der Waals surface area contributed by atoms with Crippen LogP contribution < -0.4 is 0 Å². The van der Waals surface area contributed by atoms with E-state index in [0.29, 0.717) is 6.42 Å². The molecule has 0 aromatic heterocycles. The van der Waals surface area contributed by atoms with Gasteiger partial charge in [0.2, 0.25) is 0 Å². The molecule has 0 saturated heterocycles. The lowest BCUT2D eigenvalue weighted by Crippen LogP contribution is -2.50. The van der Waals surface area contributed by atoms with Crippen LogP contribution in [-0.4, -0.2) is 43.9 Å². The predicted molar refractivity (Wildman–Crippen MR) is 83.2 cm³/mol. The lowest BCUT2D eigenvalue weighted by Gasteiger charge is -2.28. The van der Waals surface area contributed by atoms with Crippen molar-refractivity contribution in [1.29, 1.82) is 0 Å². The van der Waals surface area contributed by atoms with Crippen LogP contribution >= 0.6 is 0 Å². The molecule has 0 heterocycles. The summed E-state index contributed by atoms with van der Waals surface area (Å²) in [5.74, 6) is -6.47. The quantitative estimate of drug-likeness (QED) is 0.359. The summed E-state index contributed by atoms with van der Waals surface area (Å²) < 4.78 is 0. The van der Waals surface area contributed by atoms with Gasteiger partial charge in [0.1, 0.15) is 0 Å². The molecular weight excluding hydrogens is 304 g/mol. The van der Waals surface area contributed by atoms with Gasteiger partial charge >= 0.3 is 17.9 Å². The third-order valence-electron chi connectivity index (χ3n) is 4.01. The van der Waals surface area contributed by atoms with Gasteiger partial charge in [-0.15, -0.1) is 0 Å². The average molecular weight is 332 g/mol. The van der Waals surface area contributed by atoms with Crippen molar-refractivity contribution in [2.45, 2.75) is 76.7 Å². The van der Waals surface area contributed by atoms with Crippen molar-refractivity contribution >= 4 is 17.9 Å². The Hall–Kier alpha value is -1.63. The van der Waals surface area contributed by atoms with Crippen molar-refractivity contribution < 1.29 is 34.8 Å². The van der Waals surface area contributed by atoms with E-state index < -0.39 is 35.8 Å². The summed E-state index contributed by atoms with van der Waals surface area (Å²) in [7, 11) is 0. The molecule has 0 fully saturated rings. The second-order valence-electron chi connectivity index (χ2n) is 5.95. The van der Waals surface area contributed by atoms with Crippen LogP contribution in [0, 0.1) is 5.92 Å². The molecule has 0 unspecified atom stereocenters. The van der Waals surface area contributed by atoms with E-state index in [1.165, 1.54) is 12.8 Å². The van der Waals surface area contributed by atoms with Gasteiger partial charge in [0, 0.05) is 0 Å². The highest BCUT2D eigenvalue weighted by Crippen LogP contribution is 2.28. The molecule has 0 radical (unpaired) electrons. The van der Waals surface area contributed by atoms with Gasteiger partial charge in [-0.2, -0.15) is 0 Å². The number of hydrogen-bond acceptors (Lipinski definition) is 4. The molecule has 7 heteroatoms. The first-order valence-electron chi connectivity index (χ1n) is 8.16. The minimum Gasteiger partial charge on any atom is -0.481 e. The summed E-state index contributed by atoms with van der Waals surface area (Å²) in [4.78, 5) is 33.1. The van der Waals surface area contributed by atoms with Crippen molar-refractivity contribution in [1.82, 2.24) is 0 Å². The zero-order valence-corrected chi connectivity index (χ0v) is 13.7. The van der Waals surface area contributed by atoms with Crippen LogP contribution in [0.3, 0.4) is 0 Å². The molecule has 4 N–H and O–H groups in total. The number of carboxylic acids is 3. The molecule has 0 bridgehead atoms. The molecule has 7 nitrogen and oxygen atoms in total. The first-order chi connectivity index (χ1) is 10.8. The molecule has 134 valence electrons. The van der Waals surface area contributed by atoms with Crippen LogP contribution in [0.15, 0.2) is 0 Å². The molecule has 0 spiro atoms. The van der Waals surface area contributed by atoms with E-state index >= 15 is 0 Å². The molecule has 2 atom stereocenters. The Kier molecular flexibility index (Phi) is 10.2. The van der Waals surface area contributed by atoms with Crippen molar-refractivity contribution in [2.24, 2.45) is 5.92 Å². The van der Waals surface area contributed by atoms with Gasteiger partial charge in [0.05, 0.1) is 12.3 Å². The van der Waals surface area contributed by atoms with Crippen LogP contribution in [0.4, 0.5) is 0 Å². The predicted octanol–water partition coefficient (Wildman–Crippen LogP) is 2.51. The number of carboxylic acid groups (broad SMARTS) is 3. The Labute approximate surface area is 136 Å². The smallest absolute Gasteiger partial charge is 0.337 e. The number of rotatable bonds is 14. The van der Waals surface area contributed by atoms with Gasteiger partial charge in [-0.1, -0.05) is 58.3 Å². The third-order valence-corrected chi connectivity index (χ3v) is 4.01. The normalized spacial score (nSPS) is 14.9. The van der Waals surface area contributed by atoms with E-state index in [2.05, 4.69) is 6.92 Å². The molecule has 0 saturated carbocycles. The fraction of sp³-hybridized carbons (Fsp3) is 0.812. The summed E-state index contributed by atoms with van der Waals surface area (Å²) in [5, 5.41) is 37.0. The van der Waals surface area contributed by atoms with E-state index in [1.807, 2.05) is 0 Å². The fourth-order valence-corrected chi connectivity index (χ4v) is 2.63. The second kappa shape index (κ2) is 11.0. The molecule has 0 aliphatic rings. The summed E-state index contributed by atoms with van der Waals surface area (Å²) in [6, 6.07) is 0. The summed E-state index contributed by atoms with van der Waals surface area (Å²) in [5.41, 5.74) is -2.78. The van der Waals surface area contributed by atoms with Gasteiger partial charge in [-0.05, 0) is 6.42 Å². The van der Waals surface area contributed by atoms with E-state index in [1.54, 1.807) is 0 Å². The van der Waals surface area contributed by atoms with Crippen LogP contribution in [0.2, 0.25) is 0 Å². The molecule has 0 aromatic rings. The molecule has 0 rings (SSSR count). The highest BCUT2D eigenvalue weighted by atomic mass is 16.4. The van der Waals surface area contributed by atoms with E-state index in [4.69, 9.17) is 15.3 Å². The minimum absolute atomic E-state index is 0.0552. The van der Waals surface area contributed by atoms with Gasteiger partial charge in [-0.3, -0.25) is 9.59 Å². The first-order valence-corrected chi connectivity index (χ1v) is 8.16. The lowest BCUT2D eigenvalue weighted by molar-refractivity contribution is -0.179. The van der Waals surface area contributed by atoms with Gasteiger partial charge < -0.3 is 20.4 Å². The zero-order valence-electron chi connectivity index (χ0n) is 13.7. The van der Waals surface area contributed by atoms with Crippen LogP contribution in [-0.2, 0) is 14.4 Å². The van der Waals surface area contributed by atoms with Gasteiger partial charge in [-0.25, -0.2) is 4.79 Å². The van der Waals surface area contributed by atoms with Crippen molar-refractivity contribution in [3.8, 4) is 0 Å². The highest BCUT2D eigenvalue weighted by Gasteiger charge is 2.49. The number of hydrogen-bond donors (Lipinski definition) is 4. The first kappa shape index (κ1) is 21.4. The maximum Gasteiger partial charge on any atom is 0.337 e. The SMILES string of the molecule is CCCCCCCCCC[C@H](C(=O)O)[C@@](O)(CC(=O)O)C(=O)O. The fourth-order valence-electron chi connectivity index (χ4n) is 2.63. The second-order valence-corrected chi connectivity index (χ2v) is 5.95. The molecular formula is C16H28O7. The molecule has 23 heavy (non-hydrogen) atoms. The Morgan fingerprint density at radius 1 is 0.870 bits per heavy atom. The summed E-state index contributed by atoms with van der Waals surface area (Å²) in [6.07, 6.45) is 6.60. The van der Waals surface area contributed by atoms with Crippen molar-refractivity contribution in [3.05, 3.63) is 0 Å². The summed E-state index contributed by atoms with van der Waals surface area (Å²) in [6.45, 7) is 2.13. The monoisotopic (exact) mass is 332 g/mol. The molecule has 0 aromatic carbocycles. The Morgan fingerprint density at radius 3 is 1.74 bits per heavy atom. The van der Waals surface area contributed by atoms with Crippen LogP contribution in [0.1, 0.15) is 71.1 Å². The Morgan fingerprint density at radius 2 is 1.35 bits per heavy atom. The maximum atomic E-state index is 11.3. The number of aliphatic carboxylic acids is 3. The van der Waals surface area contributed by atoms with Crippen molar-refractivity contribution in [3.63, 3.8) is 0 Å². The van der Waals surface area contributed by atoms with E-state index in [-0.39, 0.29) is 6.42 Å². The molecule has 0 aliphatic carbocycles. The van der Waals surface area contributed by atoms with Crippen molar-refractivity contribution in [2.75, 3.05) is 0 Å². The summed E-state index contributed by atoms with van der Waals surface area (Å²) >= 11 is 0. The van der Waals surface area contributed by atoms with E-state index in [9.17, 15) is 19.5 Å². The Balaban J connectivity index is 4.42. The average Bonchev–Trinajstić information content (AvgIpc) is 2.44. The standard InChI is InChI=1S/C16H28O7/c1-2-3-4-5-6-7-8-9-10-12(14(19)20)16(23,15(21)22)11-13(17)18/h12,23H,2-11H2,1H3,(H,17,18)(H,19,20)(H,21,22)/t12-,16+/m1/s1. The highest BCUT2D eigenvalue weighted by molar-refractivity contribution is 5.89. The maximum absolute atomic E-state index is 11.3. The third kappa shape index (κ3) is 7.97. The number of unbranched alkanes of at least 4 members (excludes halogenated alkanes) is 7. The minimum atomic E-state index is -2.78. The zero-order chi connectivity index (χ0) is 17.9. The van der Waals surface area contributed by atoms with Gasteiger partial charge in [0.15, 0.2) is 5.60 Å². The van der Waals surface area contributed by atoms with E-state index in [0.717, 1.165) is 32.1 Å². The Bertz CT molecular complexity index is 394. The number of aliphatic hydroxyl groups is 1. The molecule has 0 amide bonds. The largest absolute Gasteiger partial charge is 0.481 e. The van der Waals surface area contributed by atoms with Crippen LogP contribution in [0.25, 0.3) is 0 Å².